The van der Waals surface area contributed by atoms with Crippen LogP contribution in [0.15, 0.2) is 91.3 Å². The van der Waals surface area contributed by atoms with Crippen LogP contribution in [0.4, 0.5) is 11.5 Å². The third-order valence-corrected chi connectivity index (χ3v) is 6.54. The van der Waals surface area contributed by atoms with E-state index in [9.17, 15) is 0 Å². The van der Waals surface area contributed by atoms with Crippen LogP contribution in [-0.2, 0) is 6.42 Å². The van der Waals surface area contributed by atoms with Crippen LogP contribution in [0.3, 0.4) is 0 Å². The Morgan fingerprint density at radius 1 is 0.636 bits per heavy atom. The lowest BCUT2D eigenvalue weighted by molar-refractivity contribution is 0.645. The first-order valence-corrected chi connectivity index (χ1v) is 11.5. The second kappa shape index (κ2) is 8.51. The van der Waals surface area contributed by atoms with Crippen molar-refractivity contribution in [2.24, 2.45) is 0 Å². The lowest BCUT2D eigenvalue weighted by atomic mass is 10.0. The summed E-state index contributed by atoms with van der Waals surface area (Å²) in [6, 6.07) is 27.9. The van der Waals surface area contributed by atoms with Crippen LogP contribution < -0.4 is 9.80 Å². The van der Waals surface area contributed by atoms with Gasteiger partial charge in [-0.2, -0.15) is 5.10 Å². The number of fused-ring (bicyclic) bond motifs is 2. The quantitative estimate of drug-likeness (QED) is 0.396. The maximum absolute atomic E-state index is 4.71. The molecule has 1 saturated heterocycles. The molecule has 0 radical (unpaired) electrons. The number of hydrogen-bond acceptors (Lipinski definition) is 5. The minimum Gasteiger partial charge on any atom is -0.368 e. The predicted molar refractivity (Wildman–Crippen MR) is 135 cm³/mol. The molecule has 0 unspecified atom stereocenters. The summed E-state index contributed by atoms with van der Waals surface area (Å²) < 4.78 is 0. The van der Waals surface area contributed by atoms with Gasteiger partial charge in [-0.25, -0.2) is 0 Å². The van der Waals surface area contributed by atoms with Gasteiger partial charge in [0.2, 0.25) is 0 Å². The van der Waals surface area contributed by atoms with Gasteiger partial charge >= 0.3 is 0 Å². The Morgan fingerprint density at radius 3 is 2.15 bits per heavy atom. The lowest BCUT2D eigenvalue weighted by Gasteiger charge is -2.37. The van der Waals surface area contributed by atoms with E-state index in [1.165, 1.54) is 32.8 Å². The van der Waals surface area contributed by atoms with E-state index in [4.69, 9.17) is 5.10 Å². The van der Waals surface area contributed by atoms with Gasteiger partial charge in [0.25, 0.3) is 0 Å². The number of pyridine rings is 1. The predicted octanol–water partition coefficient (Wildman–Crippen LogP) is 5.10. The second-order valence-corrected chi connectivity index (χ2v) is 8.55. The summed E-state index contributed by atoms with van der Waals surface area (Å²) in [7, 11) is 0. The summed E-state index contributed by atoms with van der Waals surface area (Å²) in [4.78, 5) is 8.97. The highest BCUT2D eigenvalue weighted by Gasteiger charge is 2.21. The van der Waals surface area contributed by atoms with Crippen molar-refractivity contribution in [1.29, 1.82) is 0 Å². The molecule has 5 heteroatoms. The molecule has 3 aromatic carbocycles. The molecule has 0 N–H and O–H groups in total. The van der Waals surface area contributed by atoms with E-state index < -0.39 is 0 Å². The zero-order valence-electron chi connectivity index (χ0n) is 18.4. The van der Waals surface area contributed by atoms with Crippen molar-refractivity contribution in [2.75, 3.05) is 36.0 Å². The molecule has 0 aliphatic carbocycles. The van der Waals surface area contributed by atoms with Gasteiger partial charge in [0.1, 0.15) is 0 Å². The monoisotopic (exact) mass is 431 g/mol. The molecule has 5 nitrogen and oxygen atoms in total. The fraction of sp³-hybridized carbons (Fsp3) is 0.179. The third-order valence-electron chi connectivity index (χ3n) is 6.54. The number of anilines is 2. The highest BCUT2D eigenvalue weighted by atomic mass is 15.3. The van der Waals surface area contributed by atoms with E-state index in [1.54, 1.807) is 0 Å². The maximum atomic E-state index is 4.71. The van der Waals surface area contributed by atoms with E-state index in [2.05, 4.69) is 86.6 Å². The Hall–Kier alpha value is -3.99. The van der Waals surface area contributed by atoms with Crippen LogP contribution in [0.5, 0.6) is 0 Å². The van der Waals surface area contributed by atoms with Crippen molar-refractivity contribution in [3.05, 3.63) is 103 Å². The Labute approximate surface area is 193 Å². The van der Waals surface area contributed by atoms with Gasteiger partial charge in [0.05, 0.1) is 5.69 Å². The molecule has 3 heterocycles. The molecule has 33 heavy (non-hydrogen) atoms. The molecule has 0 spiro atoms. The van der Waals surface area contributed by atoms with E-state index in [0.717, 1.165) is 44.1 Å². The van der Waals surface area contributed by atoms with Gasteiger partial charge in [-0.3, -0.25) is 4.98 Å². The molecule has 5 aromatic rings. The van der Waals surface area contributed by atoms with Gasteiger partial charge < -0.3 is 9.80 Å². The fourth-order valence-corrected chi connectivity index (χ4v) is 4.75. The molecule has 1 aliphatic heterocycles. The van der Waals surface area contributed by atoms with Gasteiger partial charge in [0, 0.05) is 61.5 Å². The smallest absolute Gasteiger partial charge is 0.159 e. The van der Waals surface area contributed by atoms with Crippen LogP contribution in [0.25, 0.3) is 21.5 Å². The zero-order valence-corrected chi connectivity index (χ0v) is 18.4. The summed E-state index contributed by atoms with van der Waals surface area (Å²) >= 11 is 0. The first-order valence-electron chi connectivity index (χ1n) is 11.5. The number of piperazine rings is 1. The topological polar surface area (TPSA) is 45.2 Å². The van der Waals surface area contributed by atoms with Gasteiger partial charge in [-0.1, -0.05) is 54.6 Å². The average molecular weight is 432 g/mol. The number of aromatic nitrogens is 3. The molecule has 162 valence electrons. The number of benzene rings is 3. The van der Waals surface area contributed by atoms with Crippen LogP contribution in [0.1, 0.15) is 11.3 Å². The first-order chi connectivity index (χ1) is 16.3. The largest absolute Gasteiger partial charge is 0.368 e. The van der Waals surface area contributed by atoms with Gasteiger partial charge in [0.15, 0.2) is 5.82 Å². The molecule has 0 atom stereocenters. The molecule has 0 saturated carbocycles. The van der Waals surface area contributed by atoms with Gasteiger partial charge in [-0.15, -0.1) is 5.10 Å². The number of rotatable bonds is 4. The first kappa shape index (κ1) is 19.7. The zero-order chi connectivity index (χ0) is 22.0. The highest BCUT2D eigenvalue weighted by molar-refractivity contribution is 5.93. The molecule has 6 rings (SSSR count). The molecular formula is C28H25N5. The lowest BCUT2D eigenvalue weighted by Crippen LogP contribution is -2.47. The third kappa shape index (κ3) is 3.87. The molecule has 0 bridgehead atoms. The maximum Gasteiger partial charge on any atom is 0.159 e. The van der Waals surface area contributed by atoms with Crippen molar-refractivity contribution in [3.8, 4) is 0 Å². The standard InChI is InChI=1S/C28H25N5/c1-2-6-23-20-24(10-9-22(23)5-1)32-15-17-33(18-16-32)28-26-8-4-3-7-25(26)27(30-31-28)19-21-11-13-29-14-12-21/h1-14,20H,15-19H2. The number of hydrogen-bond donors (Lipinski definition) is 0. The molecule has 1 fully saturated rings. The minimum atomic E-state index is 0.756. The molecule has 0 amide bonds. The summed E-state index contributed by atoms with van der Waals surface area (Å²) in [6.07, 6.45) is 4.41. The summed E-state index contributed by atoms with van der Waals surface area (Å²) in [5.74, 6) is 0.988. The van der Waals surface area contributed by atoms with E-state index in [-0.39, 0.29) is 0 Å². The van der Waals surface area contributed by atoms with Crippen molar-refractivity contribution in [2.45, 2.75) is 6.42 Å². The van der Waals surface area contributed by atoms with Gasteiger partial charge in [-0.05, 0) is 40.6 Å². The van der Waals surface area contributed by atoms with Crippen LogP contribution in [0, 0.1) is 0 Å². The van der Waals surface area contributed by atoms with Crippen molar-refractivity contribution in [3.63, 3.8) is 0 Å². The summed E-state index contributed by atoms with van der Waals surface area (Å²) in [5, 5.41) is 14.3. The Kier molecular flexibility index (Phi) is 5.07. The normalized spacial score (nSPS) is 14.2. The average Bonchev–Trinajstić information content (AvgIpc) is 2.89. The van der Waals surface area contributed by atoms with Crippen molar-refractivity contribution < 1.29 is 0 Å². The SMILES string of the molecule is c1ccc2cc(N3CCN(c4nnc(Cc5ccncc5)c5ccccc45)CC3)ccc2c1. The fourth-order valence-electron chi connectivity index (χ4n) is 4.75. The molecular weight excluding hydrogens is 406 g/mol. The van der Waals surface area contributed by atoms with E-state index >= 15 is 0 Å². The van der Waals surface area contributed by atoms with E-state index in [1.807, 2.05) is 24.5 Å². The molecule has 2 aromatic heterocycles. The Balaban J connectivity index is 1.24. The second-order valence-electron chi connectivity index (χ2n) is 8.55. The van der Waals surface area contributed by atoms with Crippen LogP contribution in [-0.4, -0.2) is 41.4 Å². The van der Waals surface area contributed by atoms with Crippen molar-refractivity contribution in [1.82, 2.24) is 15.2 Å². The minimum absolute atomic E-state index is 0.756. The van der Waals surface area contributed by atoms with Crippen LogP contribution in [0.2, 0.25) is 0 Å². The highest BCUT2D eigenvalue weighted by Crippen LogP contribution is 2.29. The summed E-state index contributed by atoms with van der Waals surface area (Å²) in [6.45, 7) is 3.78. The van der Waals surface area contributed by atoms with Crippen LogP contribution >= 0.6 is 0 Å². The Morgan fingerprint density at radius 2 is 1.33 bits per heavy atom. The Bertz CT molecular complexity index is 1410. The van der Waals surface area contributed by atoms with Crippen molar-refractivity contribution >= 4 is 33.1 Å². The number of nitrogens with zero attached hydrogens (tertiary/aromatic N) is 5. The van der Waals surface area contributed by atoms with E-state index in [0.29, 0.717) is 0 Å². The molecule has 1 aliphatic rings. The summed E-state index contributed by atoms with van der Waals surface area (Å²) in [5.41, 5.74) is 3.49.